The van der Waals surface area contributed by atoms with Crippen LogP contribution < -0.4 is 11.2 Å². The molecule has 2 heterocycles. The molecule has 0 unspecified atom stereocenters. The van der Waals surface area contributed by atoms with E-state index in [2.05, 4.69) is 9.97 Å². The Hall–Kier alpha value is -3.20. The third kappa shape index (κ3) is 3.73. The Morgan fingerprint density at radius 2 is 1.66 bits per heavy atom. The van der Waals surface area contributed by atoms with Crippen LogP contribution in [0.1, 0.15) is 19.4 Å². The molecule has 29 heavy (non-hydrogen) atoms. The number of benzene rings is 1. The van der Waals surface area contributed by atoms with Gasteiger partial charge in [-0.2, -0.15) is 0 Å². The first-order valence-electron chi connectivity index (χ1n) is 8.75. The van der Waals surface area contributed by atoms with E-state index >= 15 is 0 Å². The molecule has 1 aromatic carbocycles. The average Bonchev–Trinajstić information content (AvgIpc) is 2.68. The third-order valence-corrected chi connectivity index (χ3v) is 5.70. The number of aromatic nitrogens is 4. The van der Waals surface area contributed by atoms with Gasteiger partial charge in [-0.05, 0) is 20.8 Å². The second kappa shape index (κ2) is 7.67. The maximum absolute atomic E-state index is 12.8. The van der Waals surface area contributed by atoms with Crippen LogP contribution in [0.25, 0.3) is 22.4 Å². The van der Waals surface area contributed by atoms with Gasteiger partial charge in [-0.3, -0.25) is 18.7 Å². The largest absolute Gasteiger partial charge is 0.511 e. The van der Waals surface area contributed by atoms with Gasteiger partial charge in [0.05, 0.1) is 4.91 Å². The molecule has 0 saturated carbocycles. The SMILES string of the molecule is CC(=O)/C(Sc1nc(-c2ccc(C)cc2)nc2c1c(=O)n(C)c(=O)n2C)=C(\C)O. The zero-order chi connectivity index (χ0) is 21.5. The molecule has 0 aliphatic rings. The standard InChI is InChI=1S/C20H20N4O4S/c1-10-6-8-13(9-7-10)16-21-17-14(19(27)24(5)20(28)23(17)4)18(22-16)29-15(11(2)25)12(3)26/h6-9,25H,1-5H3/b15-11-. The molecule has 3 rings (SSSR count). The van der Waals surface area contributed by atoms with Crippen LogP contribution in [0.3, 0.4) is 0 Å². The molecule has 0 aliphatic carbocycles. The smallest absolute Gasteiger partial charge is 0.332 e. The van der Waals surface area contributed by atoms with Crippen molar-refractivity contribution in [2.75, 3.05) is 0 Å². The molecule has 0 saturated heterocycles. The molecule has 0 fully saturated rings. The molecule has 2 aromatic heterocycles. The maximum atomic E-state index is 12.8. The highest BCUT2D eigenvalue weighted by Gasteiger charge is 2.21. The highest BCUT2D eigenvalue weighted by Crippen LogP contribution is 2.32. The number of fused-ring (bicyclic) bond motifs is 1. The number of hydrogen-bond acceptors (Lipinski definition) is 7. The fraction of sp³-hybridized carbons (Fsp3) is 0.250. The van der Waals surface area contributed by atoms with Gasteiger partial charge in [0.2, 0.25) is 0 Å². The van der Waals surface area contributed by atoms with Gasteiger partial charge in [0, 0.05) is 19.7 Å². The fourth-order valence-electron chi connectivity index (χ4n) is 2.83. The number of allylic oxidation sites excluding steroid dienone is 2. The molecule has 0 amide bonds. The molecule has 0 aliphatic heterocycles. The van der Waals surface area contributed by atoms with Crippen LogP contribution in [0.2, 0.25) is 0 Å². The van der Waals surface area contributed by atoms with Crippen molar-refractivity contribution in [3.8, 4) is 11.4 Å². The zero-order valence-electron chi connectivity index (χ0n) is 16.7. The van der Waals surface area contributed by atoms with E-state index in [9.17, 15) is 19.5 Å². The summed E-state index contributed by atoms with van der Waals surface area (Å²) in [6, 6.07) is 7.47. The van der Waals surface area contributed by atoms with E-state index in [0.717, 1.165) is 21.9 Å². The van der Waals surface area contributed by atoms with E-state index in [1.54, 1.807) is 0 Å². The van der Waals surface area contributed by atoms with Gasteiger partial charge in [-0.25, -0.2) is 14.8 Å². The lowest BCUT2D eigenvalue weighted by atomic mass is 10.1. The van der Waals surface area contributed by atoms with Crippen molar-refractivity contribution >= 4 is 28.6 Å². The maximum Gasteiger partial charge on any atom is 0.332 e. The Morgan fingerprint density at radius 1 is 1.03 bits per heavy atom. The number of rotatable bonds is 4. The summed E-state index contributed by atoms with van der Waals surface area (Å²) in [6.45, 7) is 4.66. The fourth-order valence-corrected chi connectivity index (χ4v) is 3.73. The predicted molar refractivity (Wildman–Crippen MR) is 112 cm³/mol. The van der Waals surface area contributed by atoms with Crippen LogP contribution >= 0.6 is 11.8 Å². The quantitative estimate of drug-likeness (QED) is 0.304. The second-order valence-corrected chi connectivity index (χ2v) is 7.69. The molecular weight excluding hydrogens is 392 g/mol. The summed E-state index contributed by atoms with van der Waals surface area (Å²) in [5.41, 5.74) is 0.821. The van der Waals surface area contributed by atoms with Gasteiger partial charge in [0.1, 0.15) is 16.2 Å². The van der Waals surface area contributed by atoms with E-state index in [0.29, 0.717) is 11.4 Å². The zero-order valence-corrected chi connectivity index (χ0v) is 17.5. The summed E-state index contributed by atoms with van der Waals surface area (Å²) in [7, 11) is 2.88. The second-order valence-electron chi connectivity index (χ2n) is 6.70. The van der Waals surface area contributed by atoms with Gasteiger partial charge in [-0.15, -0.1) is 0 Å². The molecule has 150 valence electrons. The first-order chi connectivity index (χ1) is 13.6. The van der Waals surface area contributed by atoms with Crippen molar-refractivity contribution in [3.63, 3.8) is 0 Å². The minimum atomic E-state index is -0.570. The highest BCUT2D eigenvalue weighted by atomic mass is 32.2. The molecule has 0 radical (unpaired) electrons. The van der Waals surface area contributed by atoms with Gasteiger partial charge in [0.15, 0.2) is 17.3 Å². The Morgan fingerprint density at radius 3 is 2.21 bits per heavy atom. The summed E-state index contributed by atoms with van der Waals surface area (Å²) >= 11 is 0.884. The Kier molecular flexibility index (Phi) is 5.43. The normalized spacial score (nSPS) is 12.2. The van der Waals surface area contributed by atoms with Gasteiger partial charge < -0.3 is 5.11 Å². The Labute approximate surface area is 170 Å². The van der Waals surface area contributed by atoms with Crippen molar-refractivity contribution in [2.24, 2.45) is 14.1 Å². The van der Waals surface area contributed by atoms with Gasteiger partial charge >= 0.3 is 5.69 Å². The average molecular weight is 412 g/mol. The van der Waals surface area contributed by atoms with Crippen LogP contribution in [0.5, 0.6) is 0 Å². The molecule has 8 nitrogen and oxygen atoms in total. The van der Waals surface area contributed by atoms with Crippen LogP contribution in [-0.4, -0.2) is 30.0 Å². The number of thioether (sulfide) groups is 1. The van der Waals surface area contributed by atoms with E-state index in [4.69, 9.17) is 0 Å². The first kappa shape index (κ1) is 20.5. The molecular formula is C20H20N4O4S. The summed E-state index contributed by atoms with van der Waals surface area (Å²) in [6.07, 6.45) is 0. The van der Waals surface area contributed by atoms with Gasteiger partial charge in [-0.1, -0.05) is 41.6 Å². The number of nitrogens with zero attached hydrogens (tertiary/aromatic N) is 4. The summed E-state index contributed by atoms with van der Waals surface area (Å²) in [4.78, 5) is 46.2. The van der Waals surface area contributed by atoms with E-state index in [1.165, 1.54) is 32.5 Å². The number of aliphatic hydroxyl groups is 1. The number of ketones is 1. The lowest BCUT2D eigenvalue weighted by Gasteiger charge is -2.13. The number of aliphatic hydroxyl groups excluding tert-OH is 1. The molecule has 0 bridgehead atoms. The molecule has 3 aromatic rings. The van der Waals surface area contributed by atoms with E-state index in [1.807, 2.05) is 31.2 Å². The summed E-state index contributed by atoms with van der Waals surface area (Å²) < 4.78 is 2.23. The van der Waals surface area contributed by atoms with Crippen LogP contribution in [-0.2, 0) is 18.9 Å². The monoisotopic (exact) mass is 412 g/mol. The third-order valence-electron chi connectivity index (χ3n) is 4.42. The number of carbonyl (C=O) groups is 1. The van der Waals surface area contributed by atoms with Crippen LogP contribution in [0.4, 0.5) is 0 Å². The predicted octanol–water partition coefficient (Wildman–Crippen LogP) is 2.47. The van der Waals surface area contributed by atoms with Crippen molar-refractivity contribution in [2.45, 2.75) is 25.8 Å². The lowest BCUT2D eigenvalue weighted by molar-refractivity contribution is -0.113. The summed E-state index contributed by atoms with van der Waals surface area (Å²) in [5, 5.41) is 10.2. The minimum absolute atomic E-state index is 0.0655. The van der Waals surface area contributed by atoms with E-state index in [-0.39, 0.29) is 32.5 Å². The molecule has 9 heteroatoms. The minimum Gasteiger partial charge on any atom is -0.511 e. The highest BCUT2D eigenvalue weighted by molar-refractivity contribution is 8.04. The van der Waals surface area contributed by atoms with Crippen molar-refractivity contribution in [1.82, 2.24) is 19.1 Å². The van der Waals surface area contributed by atoms with E-state index < -0.39 is 11.2 Å². The number of Topliss-reactive ketones (excluding diaryl/α,β-unsaturated/α-hetero) is 1. The number of aryl methyl sites for hydroxylation is 2. The molecule has 0 atom stereocenters. The van der Waals surface area contributed by atoms with Crippen molar-refractivity contribution in [3.05, 3.63) is 61.3 Å². The van der Waals surface area contributed by atoms with Crippen molar-refractivity contribution in [1.29, 1.82) is 0 Å². The summed E-state index contributed by atoms with van der Waals surface area (Å²) in [5.74, 6) is -0.227. The molecule has 1 N–H and O–H groups in total. The van der Waals surface area contributed by atoms with Gasteiger partial charge in [0.25, 0.3) is 5.56 Å². The Bertz CT molecular complexity index is 1280. The topological polar surface area (TPSA) is 107 Å². The number of hydrogen-bond donors (Lipinski definition) is 1. The van der Waals surface area contributed by atoms with Crippen molar-refractivity contribution < 1.29 is 9.90 Å². The van der Waals surface area contributed by atoms with Crippen LogP contribution in [0.15, 0.2) is 49.5 Å². The number of carbonyl (C=O) groups excluding carboxylic acids is 1. The molecule has 0 spiro atoms. The van der Waals surface area contributed by atoms with Crippen LogP contribution in [0, 0.1) is 6.92 Å². The Balaban J connectivity index is 2.42. The first-order valence-corrected chi connectivity index (χ1v) is 9.57. The lowest BCUT2D eigenvalue weighted by Crippen LogP contribution is -2.37.